The molecule has 41 heavy (non-hydrogen) atoms. The lowest BCUT2D eigenvalue weighted by atomic mass is 9.92. The molecule has 0 bridgehead atoms. The molecule has 1 fully saturated rings. The first-order valence-corrected chi connectivity index (χ1v) is 15.1. The van der Waals surface area contributed by atoms with Gasteiger partial charge in [0, 0.05) is 36.9 Å². The maximum Gasteiger partial charge on any atom is 0.305 e. The second-order valence-corrected chi connectivity index (χ2v) is 11.9. The van der Waals surface area contributed by atoms with Gasteiger partial charge in [-0.2, -0.15) is 17.0 Å². The smallest absolute Gasteiger partial charge is 0.305 e. The number of thioether (sulfide) groups is 1. The highest BCUT2D eigenvalue weighted by Gasteiger charge is 2.51. The molecular formula is C31H31NO7S2. The van der Waals surface area contributed by atoms with Crippen molar-refractivity contribution >= 4 is 41.0 Å². The fourth-order valence-corrected chi connectivity index (χ4v) is 6.83. The summed E-state index contributed by atoms with van der Waals surface area (Å²) in [6, 6.07) is 19.9. The van der Waals surface area contributed by atoms with E-state index in [0.29, 0.717) is 12.0 Å². The molecular weight excluding hydrogens is 562 g/mol. The number of aryl methyl sites for hydroxylation is 1. The molecule has 0 spiro atoms. The number of ether oxygens (including phenoxy) is 4. The number of thiophene rings is 1. The molecule has 2 heterocycles. The Kier molecular flexibility index (Phi) is 9.86. The van der Waals surface area contributed by atoms with Crippen LogP contribution in [0.2, 0.25) is 0 Å². The highest BCUT2D eigenvalue weighted by atomic mass is 32.2. The molecule has 4 rings (SSSR count). The Morgan fingerprint density at radius 2 is 1.66 bits per heavy atom. The fourth-order valence-electron chi connectivity index (χ4n) is 4.85. The van der Waals surface area contributed by atoms with Crippen molar-refractivity contribution < 1.29 is 33.3 Å². The normalized spacial score (nSPS) is 21.9. The molecule has 0 saturated carbocycles. The third-order valence-corrected chi connectivity index (χ3v) is 8.85. The minimum Gasteiger partial charge on any atom is -0.457 e. The van der Waals surface area contributed by atoms with Crippen LogP contribution in [0.15, 0.2) is 54.6 Å². The van der Waals surface area contributed by atoms with E-state index >= 15 is 0 Å². The van der Waals surface area contributed by atoms with Crippen LogP contribution in [0.4, 0.5) is 0 Å². The third kappa shape index (κ3) is 7.36. The second-order valence-electron chi connectivity index (χ2n) is 9.70. The average Bonchev–Trinajstić information content (AvgIpc) is 3.39. The van der Waals surface area contributed by atoms with Crippen LogP contribution < -0.4 is 0 Å². The van der Waals surface area contributed by atoms with Crippen molar-refractivity contribution in [2.75, 3.05) is 6.26 Å². The van der Waals surface area contributed by atoms with E-state index in [-0.39, 0.29) is 0 Å². The Morgan fingerprint density at radius 1 is 0.951 bits per heavy atom. The van der Waals surface area contributed by atoms with Crippen LogP contribution in [0.25, 0.3) is 10.4 Å². The zero-order chi connectivity index (χ0) is 29.7. The maximum atomic E-state index is 12.1. The number of hydrogen-bond donors (Lipinski definition) is 0. The molecule has 214 valence electrons. The van der Waals surface area contributed by atoms with E-state index in [1.807, 2.05) is 43.5 Å². The first-order chi connectivity index (χ1) is 19.6. The molecule has 1 saturated heterocycles. The molecule has 0 N–H and O–H groups in total. The molecule has 3 aromatic rings. The van der Waals surface area contributed by atoms with Gasteiger partial charge in [-0.1, -0.05) is 30.3 Å². The Bertz CT molecular complexity index is 1480. The first kappa shape index (κ1) is 30.3. The summed E-state index contributed by atoms with van der Waals surface area (Å²) in [4.78, 5) is 38.2. The Hall–Kier alpha value is -3.65. The van der Waals surface area contributed by atoms with Crippen molar-refractivity contribution in [2.45, 2.75) is 64.0 Å². The number of carbonyl (C=O) groups excluding carboxylic acids is 3. The summed E-state index contributed by atoms with van der Waals surface area (Å²) in [5.74, 6) is -1.78. The number of rotatable bonds is 8. The van der Waals surface area contributed by atoms with Gasteiger partial charge in [0.15, 0.2) is 6.10 Å². The van der Waals surface area contributed by atoms with Crippen LogP contribution in [0.5, 0.6) is 0 Å². The highest BCUT2D eigenvalue weighted by molar-refractivity contribution is 7.99. The monoisotopic (exact) mass is 593 g/mol. The number of esters is 3. The van der Waals surface area contributed by atoms with Gasteiger partial charge >= 0.3 is 17.9 Å². The van der Waals surface area contributed by atoms with Crippen molar-refractivity contribution in [1.29, 1.82) is 5.26 Å². The number of carbonyl (C=O) groups is 3. The predicted octanol–water partition coefficient (Wildman–Crippen LogP) is 5.74. The summed E-state index contributed by atoms with van der Waals surface area (Å²) in [6.45, 7) is 5.79. The maximum absolute atomic E-state index is 12.1. The zero-order valence-electron chi connectivity index (χ0n) is 23.4. The molecule has 0 amide bonds. The summed E-state index contributed by atoms with van der Waals surface area (Å²) in [5.41, 5.74) is 4.61. The predicted molar refractivity (Wildman–Crippen MR) is 156 cm³/mol. The van der Waals surface area contributed by atoms with E-state index in [1.165, 1.54) is 32.5 Å². The van der Waals surface area contributed by atoms with E-state index in [2.05, 4.69) is 24.3 Å². The molecule has 5 atom stereocenters. The van der Waals surface area contributed by atoms with Gasteiger partial charge in [-0.05, 0) is 59.7 Å². The first-order valence-electron chi connectivity index (χ1n) is 13.0. The van der Waals surface area contributed by atoms with E-state index in [0.717, 1.165) is 32.0 Å². The minimum absolute atomic E-state index is 0.452. The van der Waals surface area contributed by atoms with Gasteiger partial charge in [-0.15, -0.1) is 11.3 Å². The molecule has 10 heteroatoms. The summed E-state index contributed by atoms with van der Waals surface area (Å²) in [6.07, 6.45) is -1.39. The fraction of sp³-hybridized carbons (Fsp3) is 0.355. The standard InChI is InChI=1S/C31H31NO7S2/c1-17-9-10-23(14-24(17)15-25-11-12-26(41-25)22-8-6-7-21(13-22)16-32)27-30(40-5)28(36-18(2)33)29(37-19(3)34)31(39-27)38-20(4)35/h6-14,27-31H,15H2,1-5H3. The van der Waals surface area contributed by atoms with Gasteiger partial charge in [-0.3, -0.25) is 14.4 Å². The SMILES string of the molecule is CSC1C(c2ccc(C)c(Cc3ccc(-c4cccc(C#N)c4)s3)c2)OC(OC(C)=O)C(OC(C)=O)C1OC(C)=O. The van der Waals surface area contributed by atoms with E-state index in [9.17, 15) is 19.6 Å². The van der Waals surface area contributed by atoms with Crippen molar-refractivity contribution in [2.24, 2.45) is 0 Å². The third-order valence-electron chi connectivity index (χ3n) is 6.66. The summed E-state index contributed by atoms with van der Waals surface area (Å²) >= 11 is 3.08. The summed E-state index contributed by atoms with van der Waals surface area (Å²) in [5, 5.41) is 8.80. The van der Waals surface area contributed by atoms with Crippen molar-refractivity contribution in [3.05, 3.63) is 81.7 Å². The molecule has 0 aliphatic carbocycles. The van der Waals surface area contributed by atoms with Crippen LogP contribution in [-0.2, 0) is 39.8 Å². The molecule has 5 unspecified atom stereocenters. The molecule has 0 radical (unpaired) electrons. The number of nitrogens with zero attached hydrogens (tertiary/aromatic N) is 1. The largest absolute Gasteiger partial charge is 0.457 e. The molecule has 8 nitrogen and oxygen atoms in total. The van der Waals surface area contributed by atoms with E-state index < -0.39 is 47.8 Å². The van der Waals surface area contributed by atoms with Gasteiger partial charge in [0.05, 0.1) is 16.9 Å². The lowest BCUT2D eigenvalue weighted by Gasteiger charge is -2.44. The van der Waals surface area contributed by atoms with Gasteiger partial charge in [0.2, 0.25) is 12.4 Å². The van der Waals surface area contributed by atoms with Crippen LogP contribution in [-0.4, -0.2) is 47.9 Å². The molecule has 1 aromatic heterocycles. The minimum atomic E-state index is -1.26. The number of nitriles is 1. The molecule has 1 aliphatic heterocycles. The summed E-state index contributed by atoms with van der Waals surface area (Å²) in [7, 11) is 0. The highest BCUT2D eigenvalue weighted by Crippen LogP contribution is 2.42. The lowest BCUT2D eigenvalue weighted by Crippen LogP contribution is -2.57. The van der Waals surface area contributed by atoms with Gasteiger partial charge in [0.25, 0.3) is 0 Å². The Labute approximate surface area is 247 Å². The summed E-state index contributed by atoms with van der Waals surface area (Å²) < 4.78 is 22.8. The Balaban J connectivity index is 1.66. The van der Waals surface area contributed by atoms with Gasteiger partial charge in [-0.25, -0.2) is 0 Å². The lowest BCUT2D eigenvalue weighted by molar-refractivity contribution is -0.266. The van der Waals surface area contributed by atoms with Crippen molar-refractivity contribution in [3.8, 4) is 16.5 Å². The van der Waals surface area contributed by atoms with Gasteiger partial charge in [0.1, 0.15) is 6.10 Å². The molecule has 1 aliphatic rings. The number of benzene rings is 2. The van der Waals surface area contributed by atoms with E-state index in [4.69, 9.17) is 18.9 Å². The second kappa shape index (κ2) is 13.3. The molecule has 2 aromatic carbocycles. The quantitative estimate of drug-likeness (QED) is 0.238. The topological polar surface area (TPSA) is 112 Å². The van der Waals surface area contributed by atoms with Crippen molar-refractivity contribution in [1.82, 2.24) is 0 Å². The zero-order valence-corrected chi connectivity index (χ0v) is 25.0. The van der Waals surface area contributed by atoms with Gasteiger partial charge < -0.3 is 18.9 Å². The van der Waals surface area contributed by atoms with Crippen molar-refractivity contribution in [3.63, 3.8) is 0 Å². The average molecular weight is 594 g/mol. The number of hydrogen-bond acceptors (Lipinski definition) is 10. The van der Waals surface area contributed by atoms with Crippen LogP contribution in [0, 0.1) is 18.3 Å². The van der Waals surface area contributed by atoms with Crippen LogP contribution >= 0.6 is 23.1 Å². The van der Waals surface area contributed by atoms with E-state index in [1.54, 1.807) is 17.4 Å². The van der Waals surface area contributed by atoms with Crippen LogP contribution in [0.1, 0.15) is 54.0 Å². The Morgan fingerprint density at radius 3 is 2.32 bits per heavy atom. The van der Waals surface area contributed by atoms with Crippen LogP contribution in [0.3, 0.4) is 0 Å².